The van der Waals surface area contributed by atoms with Gasteiger partial charge in [-0.15, -0.1) is 0 Å². The maximum Gasteiger partial charge on any atom is 0.250 e. The Morgan fingerprint density at radius 1 is 1.27 bits per heavy atom. The Balaban J connectivity index is 1.50. The molecule has 6 nitrogen and oxygen atoms in total. The lowest BCUT2D eigenvalue weighted by Gasteiger charge is -2.32. The molecule has 3 aromatic rings. The number of nitrogens with one attached hydrogen (secondary N) is 2. The summed E-state index contributed by atoms with van der Waals surface area (Å²) in [7, 11) is 0. The molecule has 0 radical (unpaired) electrons. The number of halogens is 1. The van der Waals surface area contributed by atoms with Gasteiger partial charge < -0.3 is 4.98 Å². The van der Waals surface area contributed by atoms with E-state index in [9.17, 15) is 9.18 Å². The smallest absolute Gasteiger partial charge is 0.250 e. The molecule has 26 heavy (non-hydrogen) atoms. The van der Waals surface area contributed by atoms with Crippen molar-refractivity contribution in [2.24, 2.45) is 0 Å². The molecule has 0 bridgehead atoms. The van der Waals surface area contributed by atoms with Crippen molar-refractivity contribution in [2.45, 2.75) is 25.3 Å². The van der Waals surface area contributed by atoms with E-state index < -0.39 is 0 Å². The van der Waals surface area contributed by atoms with E-state index in [2.05, 4.69) is 25.1 Å². The first-order chi connectivity index (χ1) is 12.7. The van der Waals surface area contributed by atoms with Crippen molar-refractivity contribution in [1.82, 2.24) is 25.1 Å². The van der Waals surface area contributed by atoms with Crippen LogP contribution in [0.4, 0.5) is 4.39 Å². The summed E-state index contributed by atoms with van der Waals surface area (Å²) in [5.41, 5.74) is 3.66. The molecule has 0 saturated carbocycles. The standard InChI is InChI=1S/C19H20FN5O/c20-16-5-3-13(4-6-16)19-15(9-23-24-19)11-25-7-1-2-14(10-25)17-8-18(26)22-12-21-17/h3-6,8-9,12,14H,1-2,7,10-11H2,(H,23,24)(H,21,22,26)/t14-/m1/s1. The molecule has 1 fully saturated rings. The molecule has 1 aliphatic heterocycles. The van der Waals surface area contributed by atoms with Gasteiger partial charge in [-0.25, -0.2) is 9.37 Å². The average Bonchev–Trinajstić information content (AvgIpc) is 3.11. The minimum absolute atomic E-state index is 0.111. The van der Waals surface area contributed by atoms with Crippen LogP contribution < -0.4 is 5.56 Å². The largest absolute Gasteiger partial charge is 0.313 e. The van der Waals surface area contributed by atoms with Gasteiger partial charge in [0.05, 0.1) is 23.9 Å². The molecule has 134 valence electrons. The Morgan fingerprint density at radius 3 is 2.92 bits per heavy atom. The molecule has 1 aromatic carbocycles. The second-order valence-electron chi connectivity index (χ2n) is 6.69. The highest BCUT2D eigenvalue weighted by atomic mass is 19.1. The molecular formula is C19H20FN5O. The molecule has 1 aliphatic rings. The van der Waals surface area contributed by atoms with Crippen LogP contribution in [0.5, 0.6) is 0 Å². The average molecular weight is 353 g/mol. The van der Waals surface area contributed by atoms with Crippen LogP contribution in [0.1, 0.15) is 30.0 Å². The number of nitrogens with zero attached hydrogens (tertiary/aromatic N) is 3. The third-order valence-corrected chi connectivity index (χ3v) is 4.87. The number of likely N-dealkylation sites (tertiary alicyclic amines) is 1. The molecule has 1 atom stereocenters. The summed E-state index contributed by atoms with van der Waals surface area (Å²) in [6, 6.07) is 8.01. The number of hydrogen-bond donors (Lipinski definition) is 2. The van der Waals surface area contributed by atoms with E-state index in [1.165, 1.54) is 18.5 Å². The summed E-state index contributed by atoms with van der Waals surface area (Å²) in [6.07, 6.45) is 5.39. The zero-order valence-corrected chi connectivity index (χ0v) is 14.3. The van der Waals surface area contributed by atoms with E-state index in [-0.39, 0.29) is 17.3 Å². The van der Waals surface area contributed by atoms with E-state index in [1.807, 2.05) is 6.20 Å². The first-order valence-electron chi connectivity index (χ1n) is 8.74. The second kappa shape index (κ2) is 7.21. The quantitative estimate of drug-likeness (QED) is 0.756. The first kappa shape index (κ1) is 16.7. The Kier molecular flexibility index (Phi) is 4.62. The summed E-state index contributed by atoms with van der Waals surface area (Å²) < 4.78 is 13.2. The number of piperidine rings is 1. The Labute approximate surface area is 150 Å². The van der Waals surface area contributed by atoms with Gasteiger partial charge in [0.1, 0.15) is 5.82 Å². The molecular weight excluding hydrogens is 333 g/mol. The van der Waals surface area contributed by atoms with Gasteiger partial charge in [0.2, 0.25) is 0 Å². The molecule has 1 saturated heterocycles. The van der Waals surface area contributed by atoms with Crippen LogP contribution in [-0.2, 0) is 6.54 Å². The predicted molar refractivity (Wildman–Crippen MR) is 96.1 cm³/mol. The minimum Gasteiger partial charge on any atom is -0.313 e. The number of aromatic nitrogens is 4. The lowest BCUT2D eigenvalue weighted by atomic mass is 9.94. The number of aromatic amines is 2. The fraction of sp³-hybridized carbons (Fsp3) is 0.316. The molecule has 0 unspecified atom stereocenters. The SMILES string of the molecule is O=c1cc([C@@H]2CCCN(Cc3cn[nH]c3-c3ccc(F)cc3)C2)nc[nH]1. The van der Waals surface area contributed by atoms with Crippen LogP contribution in [0.15, 0.2) is 47.7 Å². The van der Waals surface area contributed by atoms with E-state index in [4.69, 9.17) is 0 Å². The third kappa shape index (κ3) is 3.57. The van der Waals surface area contributed by atoms with Crippen molar-refractivity contribution in [3.05, 3.63) is 70.3 Å². The van der Waals surface area contributed by atoms with Gasteiger partial charge in [-0.3, -0.25) is 14.8 Å². The van der Waals surface area contributed by atoms with Gasteiger partial charge >= 0.3 is 0 Å². The monoisotopic (exact) mass is 353 g/mol. The van der Waals surface area contributed by atoms with Gasteiger partial charge in [-0.1, -0.05) is 0 Å². The van der Waals surface area contributed by atoms with Crippen molar-refractivity contribution >= 4 is 0 Å². The van der Waals surface area contributed by atoms with Crippen LogP contribution in [0.25, 0.3) is 11.3 Å². The van der Waals surface area contributed by atoms with Crippen LogP contribution in [0.3, 0.4) is 0 Å². The molecule has 4 rings (SSSR count). The summed E-state index contributed by atoms with van der Waals surface area (Å²) in [6.45, 7) is 2.60. The van der Waals surface area contributed by atoms with Crippen LogP contribution in [-0.4, -0.2) is 38.2 Å². The van der Waals surface area contributed by atoms with Crippen LogP contribution >= 0.6 is 0 Å². The summed E-state index contributed by atoms with van der Waals surface area (Å²) in [4.78, 5) is 20.8. The number of benzene rings is 1. The second-order valence-corrected chi connectivity index (χ2v) is 6.69. The van der Waals surface area contributed by atoms with Crippen molar-refractivity contribution < 1.29 is 4.39 Å². The highest BCUT2D eigenvalue weighted by Gasteiger charge is 2.23. The topological polar surface area (TPSA) is 77.7 Å². The molecule has 0 aliphatic carbocycles. The Hall–Kier alpha value is -2.80. The summed E-state index contributed by atoms with van der Waals surface area (Å²) >= 11 is 0. The molecule has 2 aromatic heterocycles. The van der Waals surface area contributed by atoms with Crippen molar-refractivity contribution in [3.8, 4) is 11.3 Å². The fourth-order valence-electron chi connectivity index (χ4n) is 3.59. The van der Waals surface area contributed by atoms with Crippen LogP contribution in [0, 0.1) is 5.82 Å². The van der Waals surface area contributed by atoms with E-state index >= 15 is 0 Å². The first-order valence-corrected chi connectivity index (χ1v) is 8.74. The molecule has 0 amide bonds. The fourth-order valence-corrected chi connectivity index (χ4v) is 3.59. The van der Waals surface area contributed by atoms with E-state index in [0.717, 1.165) is 55.0 Å². The van der Waals surface area contributed by atoms with Crippen molar-refractivity contribution in [2.75, 3.05) is 13.1 Å². The van der Waals surface area contributed by atoms with Gasteiger partial charge in [-0.2, -0.15) is 5.10 Å². The van der Waals surface area contributed by atoms with Gasteiger partial charge in [0.25, 0.3) is 5.56 Å². The zero-order chi connectivity index (χ0) is 17.9. The molecule has 3 heterocycles. The Bertz CT molecular complexity index is 933. The van der Waals surface area contributed by atoms with Gasteiger partial charge in [0, 0.05) is 36.2 Å². The highest BCUT2D eigenvalue weighted by molar-refractivity contribution is 5.62. The van der Waals surface area contributed by atoms with Crippen molar-refractivity contribution in [1.29, 1.82) is 0 Å². The maximum atomic E-state index is 13.2. The lowest BCUT2D eigenvalue weighted by molar-refractivity contribution is 0.198. The predicted octanol–water partition coefficient (Wildman–Crippen LogP) is 2.68. The van der Waals surface area contributed by atoms with Gasteiger partial charge in [0.15, 0.2) is 0 Å². The normalized spacial score (nSPS) is 18.1. The Morgan fingerprint density at radius 2 is 2.12 bits per heavy atom. The van der Waals surface area contributed by atoms with E-state index in [1.54, 1.807) is 18.2 Å². The number of rotatable bonds is 4. The molecule has 7 heteroatoms. The summed E-state index contributed by atoms with van der Waals surface area (Å²) in [5.74, 6) is 0.00579. The minimum atomic E-state index is -0.251. The van der Waals surface area contributed by atoms with Crippen LogP contribution in [0.2, 0.25) is 0 Å². The molecule has 0 spiro atoms. The van der Waals surface area contributed by atoms with Crippen molar-refractivity contribution in [3.63, 3.8) is 0 Å². The van der Waals surface area contributed by atoms with E-state index in [0.29, 0.717) is 0 Å². The number of hydrogen-bond acceptors (Lipinski definition) is 4. The lowest BCUT2D eigenvalue weighted by Crippen LogP contribution is -2.34. The zero-order valence-electron chi connectivity index (χ0n) is 14.3. The third-order valence-electron chi connectivity index (χ3n) is 4.87. The maximum absolute atomic E-state index is 13.2. The molecule has 2 N–H and O–H groups in total. The highest BCUT2D eigenvalue weighted by Crippen LogP contribution is 2.28. The van der Waals surface area contributed by atoms with Gasteiger partial charge in [-0.05, 0) is 43.7 Å². The number of H-pyrrole nitrogens is 2. The summed E-state index contributed by atoms with van der Waals surface area (Å²) in [5, 5.41) is 7.20.